The minimum Gasteiger partial charge on any atom is -0.420 e. The molecular weight excluding hydrogens is 1180 g/mol. The molecule has 0 atom stereocenters. The lowest BCUT2D eigenvalue weighted by Crippen LogP contribution is -2.51. The van der Waals surface area contributed by atoms with E-state index in [1.807, 2.05) is 49.2 Å². The van der Waals surface area contributed by atoms with E-state index in [0.29, 0.717) is 155 Å². The van der Waals surface area contributed by atoms with Crippen LogP contribution >= 0.6 is 0 Å². The molecule has 4 aromatic rings. The number of benzene rings is 4. The molecule has 2 heterocycles. The highest BCUT2D eigenvalue weighted by Crippen LogP contribution is 2.34. The summed E-state index contributed by atoms with van der Waals surface area (Å²) in [4.78, 5) is 34.8. The fraction of sp³-hybridized carbons (Fsp3) is 0.532. The number of hydrogen-bond acceptors (Lipinski definition) is 19. The van der Waals surface area contributed by atoms with Gasteiger partial charge in [-0.2, -0.15) is 13.1 Å². The molecule has 0 bridgehead atoms. The summed E-state index contributed by atoms with van der Waals surface area (Å²) in [5.41, 5.74) is 11.9. The number of carbonyl (C=O) groups excluding carboxylic acids is 2. The molecule has 4 aromatic carbocycles. The molecule has 1 saturated heterocycles. The van der Waals surface area contributed by atoms with Gasteiger partial charge in [-0.05, 0) is 60.0 Å². The van der Waals surface area contributed by atoms with Crippen molar-refractivity contribution in [1.82, 2.24) is 14.1 Å². The molecule has 2 aliphatic heterocycles. The molecule has 21 nitrogen and oxygen atoms in total. The first-order valence-corrected chi connectivity index (χ1v) is 30.9. The van der Waals surface area contributed by atoms with Gasteiger partial charge in [0.1, 0.15) is 5.84 Å². The molecular formula is C62H83F4N5O16S. The van der Waals surface area contributed by atoms with Gasteiger partial charge < -0.3 is 67.8 Å². The average molecular weight is 1260 g/mol. The zero-order chi connectivity index (χ0) is 62.9. The fourth-order valence-electron chi connectivity index (χ4n) is 8.88. The largest absolute Gasteiger partial charge is 0.420 e. The molecule has 486 valence electrons. The number of amidine groups is 1. The Morgan fingerprint density at radius 2 is 1.10 bits per heavy atom. The van der Waals surface area contributed by atoms with Crippen molar-refractivity contribution in [3.8, 4) is 16.9 Å². The first-order valence-electron chi connectivity index (χ1n) is 29.4. The van der Waals surface area contributed by atoms with Crippen molar-refractivity contribution in [2.24, 2.45) is 16.6 Å². The summed E-state index contributed by atoms with van der Waals surface area (Å²) < 4.78 is 141. The number of amides is 1. The quantitative estimate of drug-likeness (QED) is 0.0162. The minimum absolute atomic E-state index is 0.0155. The van der Waals surface area contributed by atoms with Gasteiger partial charge in [0, 0.05) is 75.4 Å². The first-order chi connectivity index (χ1) is 42.7. The molecule has 0 saturated carbocycles. The molecule has 0 unspecified atom stereocenters. The van der Waals surface area contributed by atoms with Gasteiger partial charge in [0.2, 0.25) is 27.4 Å². The maximum atomic E-state index is 14.2. The zero-order valence-electron chi connectivity index (χ0n) is 50.2. The monoisotopic (exact) mass is 1260 g/mol. The molecule has 0 aromatic heterocycles. The second-order valence-electron chi connectivity index (χ2n) is 20.5. The molecule has 88 heavy (non-hydrogen) atoms. The van der Waals surface area contributed by atoms with Crippen LogP contribution < -0.4 is 10.5 Å². The van der Waals surface area contributed by atoms with Crippen molar-refractivity contribution in [3.63, 3.8) is 0 Å². The lowest BCUT2D eigenvalue weighted by atomic mass is 10.0. The van der Waals surface area contributed by atoms with E-state index in [0.717, 1.165) is 41.8 Å². The van der Waals surface area contributed by atoms with Crippen LogP contribution in [0.5, 0.6) is 5.75 Å². The van der Waals surface area contributed by atoms with E-state index in [1.165, 1.54) is 4.31 Å². The van der Waals surface area contributed by atoms with Crippen molar-refractivity contribution in [2.45, 2.75) is 44.2 Å². The number of hydrogen-bond donors (Lipinski definition) is 2. The molecule has 26 heteroatoms. The van der Waals surface area contributed by atoms with Gasteiger partial charge in [-0.25, -0.2) is 22.2 Å². The van der Waals surface area contributed by atoms with Crippen LogP contribution in [0.2, 0.25) is 0 Å². The van der Waals surface area contributed by atoms with E-state index < -0.39 is 51.4 Å². The van der Waals surface area contributed by atoms with Crippen molar-refractivity contribution < 1.29 is 92.8 Å². The Morgan fingerprint density at radius 3 is 1.60 bits per heavy atom. The number of esters is 1. The summed E-state index contributed by atoms with van der Waals surface area (Å²) in [6.07, 6.45) is 2.41. The van der Waals surface area contributed by atoms with E-state index in [2.05, 4.69) is 38.9 Å². The summed E-state index contributed by atoms with van der Waals surface area (Å²) in [7, 11) is -1.65. The fourth-order valence-corrected chi connectivity index (χ4v) is 10.5. The van der Waals surface area contributed by atoms with Gasteiger partial charge in [0.05, 0.1) is 149 Å². The van der Waals surface area contributed by atoms with Crippen LogP contribution in [0.4, 0.5) is 23.2 Å². The molecule has 0 radical (unpaired) electrons. The molecule has 0 aliphatic carbocycles. The first kappa shape index (κ1) is 71.3. The number of sulfonamides is 1. The molecule has 3 N–H and O–H groups in total. The minimum atomic E-state index is -3.70. The van der Waals surface area contributed by atoms with Crippen LogP contribution in [0.1, 0.15) is 42.9 Å². The van der Waals surface area contributed by atoms with Crippen LogP contribution in [0.25, 0.3) is 17.2 Å². The van der Waals surface area contributed by atoms with E-state index in [9.17, 15) is 40.7 Å². The van der Waals surface area contributed by atoms with Gasteiger partial charge in [-0.15, -0.1) is 0 Å². The Hall–Kier alpha value is -5.82. The van der Waals surface area contributed by atoms with E-state index in [4.69, 9.17) is 53.1 Å². The third-order valence-corrected chi connectivity index (χ3v) is 15.4. The van der Waals surface area contributed by atoms with Gasteiger partial charge in [0.15, 0.2) is 11.6 Å². The smallest absolute Gasteiger partial charge is 0.313 e. The molecule has 1 fully saturated rings. The summed E-state index contributed by atoms with van der Waals surface area (Å²) >= 11 is 0. The Labute approximate surface area is 512 Å². The number of nitrogens with zero attached hydrogens (tertiary/aromatic N) is 4. The highest BCUT2D eigenvalue weighted by molar-refractivity contribution is 7.89. The van der Waals surface area contributed by atoms with Gasteiger partial charge >= 0.3 is 5.97 Å². The number of nitrogens with two attached hydrogens (primary N) is 1. The lowest BCUT2D eigenvalue weighted by Gasteiger charge is -2.36. The molecule has 1 amide bonds. The number of rotatable bonds is 45. The summed E-state index contributed by atoms with van der Waals surface area (Å²) in [5.74, 6) is -9.37. The Balaban J connectivity index is 0.698. The standard InChI is InChI=1S/C62H83F4N5O16S/c1-3-14-70(62(74)52-36-51-12-11-50(38-56(51)68-57(67)39-52)49-5-4-6-53(37-49)88(75,76)71-43-48(44-71)45-72)42-47-9-7-46(8-10-47)41-69(2)15-17-78-19-21-80-23-25-82-27-29-84-31-33-86-35-34-85-32-30-83-28-26-81-24-22-79-20-18-77-16-13-58(73)87-61-59(65)54(63)40-55(64)60(61)66/h4-12,36-38,40,48,72H,3,13-35,39,41-45H2,1-2H3,(H2,67,68). The number of aliphatic hydroxyl groups excluding tert-OH is 1. The van der Waals surface area contributed by atoms with Gasteiger partial charge in [-0.1, -0.05) is 55.5 Å². The van der Waals surface area contributed by atoms with Crippen LogP contribution in [-0.2, 0) is 80.1 Å². The van der Waals surface area contributed by atoms with E-state index in [1.54, 1.807) is 18.2 Å². The summed E-state index contributed by atoms with van der Waals surface area (Å²) in [6, 6.07) is 20.7. The second-order valence-corrected chi connectivity index (χ2v) is 22.5. The number of fused-ring (bicyclic) bond motifs is 1. The Morgan fingerprint density at radius 1 is 0.625 bits per heavy atom. The van der Waals surface area contributed by atoms with Crippen LogP contribution in [-0.4, -0.2) is 217 Å². The van der Waals surface area contributed by atoms with E-state index in [-0.39, 0.29) is 62.2 Å². The number of carbonyl (C=O) groups is 2. The maximum absolute atomic E-state index is 14.2. The molecule has 2 aliphatic rings. The molecule has 0 spiro atoms. The number of halogens is 4. The van der Waals surface area contributed by atoms with Gasteiger partial charge in [0.25, 0.3) is 5.91 Å². The predicted octanol–water partition coefficient (Wildman–Crippen LogP) is 6.33. The van der Waals surface area contributed by atoms with E-state index >= 15 is 0 Å². The molecule has 6 rings (SSSR count). The highest BCUT2D eigenvalue weighted by atomic mass is 32.2. The average Bonchev–Trinajstić information content (AvgIpc) is 2.65. The third kappa shape index (κ3) is 24.5. The predicted molar refractivity (Wildman–Crippen MR) is 318 cm³/mol. The second kappa shape index (κ2) is 39.3. The topological polar surface area (TPSA) is 238 Å². The lowest BCUT2D eigenvalue weighted by molar-refractivity contribution is -0.136. The number of aliphatic hydroxyl groups is 1. The van der Waals surface area contributed by atoms with Crippen molar-refractivity contribution in [3.05, 3.63) is 118 Å². The maximum Gasteiger partial charge on any atom is 0.313 e. The number of likely N-dealkylation sites (N-methyl/N-ethyl adjacent to an activating group) is 1. The third-order valence-electron chi connectivity index (χ3n) is 13.6. The van der Waals surface area contributed by atoms with Crippen LogP contribution in [0, 0.1) is 29.2 Å². The van der Waals surface area contributed by atoms with Crippen molar-refractivity contribution in [2.75, 3.05) is 172 Å². The highest BCUT2D eigenvalue weighted by Gasteiger charge is 2.36. The number of aliphatic imine (C=N–C) groups is 1. The SMILES string of the molecule is CCCN(Cc1ccc(CN(C)CCOCCOCCOCCOCCOCCOCCOCCOCCOCCOCCC(=O)Oc2c(F)c(F)cc(F)c2F)cc1)C(=O)C1=Cc2ccc(-c3cccc(S(=O)(=O)N4CC(CO)C4)c3)cc2N=C(N)C1. The van der Waals surface area contributed by atoms with Crippen molar-refractivity contribution >= 4 is 39.5 Å². The number of ether oxygens (including phenoxy) is 11. The summed E-state index contributed by atoms with van der Waals surface area (Å²) in [5, 5.41) is 9.38. The zero-order valence-corrected chi connectivity index (χ0v) is 51.0. The van der Waals surface area contributed by atoms with Crippen LogP contribution in [0.15, 0.2) is 88.3 Å². The Kier molecular flexibility index (Phi) is 31.9. The Bertz CT molecular complexity index is 2920. The normalized spacial score (nSPS) is 13.7. The summed E-state index contributed by atoms with van der Waals surface area (Å²) in [6.45, 7) is 12.3. The van der Waals surface area contributed by atoms with Gasteiger partial charge in [-0.3, -0.25) is 14.5 Å². The van der Waals surface area contributed by atoms with Crippen LogP contribution in [0.3, 0.4) is 0 Å². The van der Waals surface area contributed by atoms with Crippen molar-refractivity contribution in [1.29, 1.82) is 0 Å².